The number of esters is 2. The van der Waals surface area contributed by atoms with Gasteiger partial charge in [0.2, 0.25) is 5.91 Å². The molecule has 0 bridgehead atoms. The standard InChI is InChI=1S/C19H18N2O7S/c1-10-15(18(24)26-2)17(29-16(10)19(25)27-3)20-13(22)8-21-11-6-4-5-7-12(11)28-9-14(21)23/h4-7H,8-9H2,1-3H3,(H,20,22). The number of nitrogens with zero attached hydrogens (tertiary/aromatic N) is 1. The molecule has 0 fully saturated rings. The highest BCUT2D eigenvalue weighted by atomic mass is 32.1. The fraction of sp³-hybridized carbons (Fsp3) is 0.263. The van der Waals surface area contributed by atoms with Gasteiger partial charge in [0.05, 0.1) is 25.5 Å². The molecule has 1 aromatic carbocycles. The molecule has 0 spiro atoms. The van der Waals surface area contributed by atoms with Crippen LogP contribution in [-0.4, -0.2) is 51.1 Å². The van der Waals surface area contributed by atoms with E-state index >= 15 is 0 Å². The Balaban J connectivity index is 1.87. The largest absolute Gasteiger partial charge is 0.482 e. The molecule has 29 heavy (non-hydrogen) atoms. The van der Waals surface area contributed by atoms with Crippen molar-refractivity contribution >= 4 is 45.8 Å². The highest BCUT2D eigenvalue weighted by Gasteiger charge is 2.30. The number of fused-ring (bicyclic) bond motifs is 1. The molecule has 1 aromatic heterocycles. The number of hydrogen-bond acceptors (Lipinski definition) is 8. The average Bonchev–Trinajstić information content (AvgIpc) is 3.04. The van der Waals surface area contributed by atoms with Crippen LogP contribution in [0, 0.1) is 6.92 Å². The second-order valence-corrected chi connectivity index (χ2v) is 7.05. The van der Waals surface area contributed by atoms with Crippen LogP contribution in [0.1, 0.15) is 25.6 Å². The molecular formula is C19H18N2O7S. The van der Waals surface area contributed by atoms with E-state index in [9.17, 15) is 19.2 Å². The molecule has 3 rings (SSSR count). The third-order valence-electron chi connectivity index (χ3n) is 4.27. The number of thiophene rings is 1. The minimum atomic E-state index is -0.697. The Bertz CT molecular complexity index is 998. The molecule has 2 aromatic rings. The third kappa shape index (κ3) is 3.92. The Hall–Kier alpha value is -3.40. The zero-order valence-corrected chi connectivity index (χ0v) is 16.8. The molecule has 0 atom stereocenters. The van der Waals surface area contributed by atoms with Gasteiger partial charge in [-0.2, -0.15) is 0 Å². The molecule has 2 amide bonds. The normalized spacial score (nSPS) is 12.7. The fourth-order valence-corrected chi connectivity index (χ4v) is 4.00. The summed E-state index contributed by atoms with van der Waals surface area (Å²) < 4.78 is 14.8. The number of nitrogens with one attached hydrogen (secondary N) is 1. The lowest BCUT2D eigenvalue weighted by Gasteiger charge is -2.28. The first kappa shape index (κ1) is 20.3. The van der Waals surface area contributed by atoms with Crippen molar-refractivity contribution in [2.24, 2.45) is 0 Å². The zero-order valence-electron chi connectivity index (χ0n) is 15.9. The number of carbonyl (C=O) groups excluding carboxylic acids is 4. The summed E-state index contributed by atoms with van der Waals surface area (Å²) in [5, 5.41) is 2.75. The summed E-state index contributed by atoms with van der Waals surface area (Å²) in [6.07, 6.45) is 0. The van der Waals surface area contributed by atoms with Crippen molar-refractivity contribution in [3.63, 3.8) is 0 Å². The van der Waals surface area contributed by atoms with Gasteiger partial charge < -0.3 is 19.5 Å². The van der Waals surface area contributed by atoms with E-state index in [4.69, 9.17) is 14.2 Å². The molecule has 1 aliphatic rings. The van der Waals surface area contributed by atoms with E-state index in [1.165, 1.54) is 19.1 Å². The van der Waals surface area contributed by atoms with Crippen molar-refractivity contribution in [3.8, 4) is 5.75 Å². The summed E-state index contributed by atoms with van der Waals surface area (Å²) in [6, 6.07) is 6.86. The summed E-state index contributed by atoms with van der Waals surface area (Å²) in [7, 11) is 2.42. The van der Waals surface area contributed by atoms with E-state index in [1.807, 2.05) is 0 Å². The van der Waals surface area contributed by atoms with Crippen molar-refractivity contribution in [2.45, 2.75) is 6.92 Å². The third-order valence-corrected chi connectivity index (χ3v) is 5.46. The lowest BCUT2D eigenvalue weighted by molar-refractivity contribution is -0.123. The smallest absolute Gasteiger partial charge is 0.348 e. The molecule has 0 unspecified atom stereocenters. The van der Waals surface area contributed by atoms with E-state index in [0.717, 1.165) is 11.3 Å². The highest BCUT2D eigenvalue weighted by molar-refractivity contribution is 7.18. The average molecular weight is 418 g/mol. The van der Waals surface area contributed by atoms with Gasteiger partial charge in [-0.3, -0.25) is 14.5 Å². The van der Waals surface area contributed by atoms with Crippen LogP contribution in [0.3, 0.4) is 0 Å². The molecule has 1 N–H and O–H groups in total. The van der Waals surface area contributed by atoms with Crippen molar-refractivity contribution in [1.29, 1.82) is 0 Å². The predicted molar refractivity (Wildman–Crippen MR) is 105 cm³/mol. The molecule has 0 saturated carbocycles. The van der Waals surface area contributed by atoms with Gasteiger partial charge in [-0.1, -0.05) is 12.1 Å². The maximum Gasteiger partial charge on any atom is 0.348 e. The van der Waals surface area contributed by atoms with Crippen LogP contribution in [0.5, 0.6) is 5.75 Å². The Kier molecular flexibility index (Phi) is 5.83. The Labute approximate surface area is 170 Å². The second-order valence-electron chi connectivity index (χ2n) is 6.03. The van der Waals surface area contributed by atoms with Crippen molar-refractivity contribution < 1.29 is 33.4 Å². The number of amides is 2. The van der Waals surface area contributed by atoms with Crippen LogP contribution < -0.4 is 15.0 Å². The predicted octanol–water partition coefficient (Wildman–Crippen LogP) is 1.99. The molecule has 9 nitrogen and oxygen atoms in total. The summed E-state index contributed by atoms with van der Waals surface area (Å²) in [5.41, 5.74) is 0.890. The van der Waals surface area contributed by atoms with Gasteiger partial charge >= 0.3 is 11.9 Å². The van der Waals surface area contributed by atoms with E-state index in [-0.39, 0.29) is 34.5 Å². The van der Waals surface area contributed by atoms with Gasteiger partial charge in [-0.05, 0) is 24.6 Å². The van der Waals surface area contributed by atoms with E-state index in [2.05, 4.69) is 5.32 Å². The molecule has 0 aliphatic carbocycles. The maximum absolute atomic E-state index is 12.7. The summed E-state index contributed by atoms with van der Waals surface area (Å²) in [6.45, 7) is 1.10. The first-order valence-corrected chi connectivity index (χ1v) is 9.31. The summed E-state index contributed by atoms with van der Waals surface area (Å²) in [5.74, 6) is -1.75. The molecule has 2 heterocycles. The summed E-state index contributed by atoms with van der Waals surface area (Å²) >= 11 is 0.904. The Morgan fingerprint density at radius 1 is 1.17 bits per heavy atom. The van der Waals surface area contributed by atoms with Gasteiger partial charge in [0.1, 0.15) is 22.2 Å². The van der Waals surface area contributed by atoms with E-state index in [1.54, 1.807) is 31.2 Å². The molecule has 152 valence electrons. The fourth-order valence-electron chi connectivity index (χ4n) is 2.87. The topological polar surface area (TPSA) is 111 Å². The minimum Gasteiger partial charge on any atom is -0.482 e. The quantitative estimate of drug-likeness (QED) is 0.739. The first-order valence-electron chi connectivity index (χ1n) is 8.49. The second kappa shape index (κ2) is 8.31. The lowest BCUT2D eigenvalue weighted by Crippen LogP contribution is -2.43. The lowest BCUT2D eigenvalue weighted by atomic mass is 10.1. The van der Waals surface area contributed by atoms with Gasteiger partial charge in [0, 0.05) is 0 Å². The number of para-hydroxylation sites is 2. The number of hydrogen-bond donors (Lipinski definition) is 1. The molecule has 10 heteroatoms. The Morgan fingerprint density at radius 2 is 1.86 bits per heavy atom. The van der Waals surface area contributed by atoms with Gasteiger partial charge in [-0.25, -0.2) is 9.59 Å². The highest BCUT2D eigenvalue weighted by Crippen LogP contribution is 2.35. The van der Waals surface area contributed by atoms with Crippen molar-refractivity contribution in [2.75, 3.05) is 37.6 Å². The number of anilines is 2. The number of ether oxygens (including phenoxy) is 3. The monoisotopic (exact) mass is 418 g/mol. The van der Waals surface area contributed by atoms with Gasteiger partial charge in [0.25, 0.3) is 5.91 Å². The van der Waals surface area contributed by atoms with E-state index < -0.39 is 17.8 Å². The molecule has 1 aliphatic heterocycles. The van der Waals surface area contributed by atoms with Gasteiger partial charge in [-0.15, -0.1) is 11.3 Å². The van der Waals surface area contributed by atoms with Crippen molar-refractivity contribution in [3.05, 3.63) is 40.3 Å². The minimum absolute atomic E-state index is 0.0694. The number of rotatable bonds is 5. The number of methoxy groups -OCH3 is 2. The van der Waals surface area contributed by atoms with Crippen LogP contribution in [-0.2, 0) is 19.1 Å². The first-order chi connectivity index (χ1) is 13.9. The van der Waals surface area contributed by atoms with E-state index in [0.29, 0.717) is 17.0 Å². The molecule has 0 saturated heterocycles. The zero-order chi connectivity index (χ0) is 21.1. The van der Waals surface area contributed by atoms with Gasteiger partial charge in [0.15, 0.2) is 6.61 Å². The van der Waals surface area contributed by atoms with Crippen molar-refractivity contribution in [1.82, 2.24) is 0 Å². The summed E-state index contributed by atoms with van der Waals surface area (Å²) in [4.78, 5) is 50.5. The number of carbonyl (C=O) groups is 4. The van der Waals surface area contributed by atoms with Crippen LogP contribution in [0.25, 0.3) is 0 Å². The van der Waals surface area contributed by atoms with Crippen LogP contribution in [0.15, 0.2) is 24.3 Å². The SMILES string of the molecule is COC(=O)c1sc(NC(=O)CN2C(=O)COc3ccccc32)c(C(=O)OC)c1C. The van der Waals surface area contributed by atoms with Crippen LogP contribution >= 0.6 is 11.3 Å². The maximum atomic E-state index is 12.7. The van der Waals surface area contributed by atoms with Crippen LogP contribution in [0.4, 0.5) is 10.7 Å². The van der Waals surface area contributed by atoms with Crippen LogP contribution in [0.2, 0.25) is 0 Å². The number of benzene rings is 1. The molecular weight excluding hydrogens is 400 g/mol. The molecule has 0 radical (unpaired) electrons. The Morgan fingerprint density at radius 3 is 2.55 bits per heavy atom.